The molecule has 19 heavy (non-hydrogen) atoms. The summed E-state index contributed by atoms with van der Waals surface area (Å²) >= 11 is 0. The average Bonchev–Trinajstić information content (AvgIpc) is 2.46. The Bertz CT molecular complexity index is 447. The predicted molar refractivity (Wildman–Crippen MR) is 71.8 cm³/mol. The molecule has 1 amide bonds. The SMILES string of the molecule is O=C(O)C(=O)NCc1ccc(C2CCCCC2)cc1. The fraction of sp³-hybridized carbons (Fsp3) is 0.467. The number of aliphatic carboxylic acids is 1. The molecule has 0 atom stereocenters. The van der Waals surface area contributed by atoms with Gasteiger partial charge in [0.05, 0.1) is 0 Å². The lowest BCUT2D eigenvalue weighted by atomic mass is 9.84. The van der Waals surface area contributed by atoms with Crippen LogP contribution < -0.4 is 5.32 Å². The quantitative estimate of drug-likeness (QED) is 0.821. The van der Waals surface area contributed by atoms with Crippen molar-refractivity contribution in [3.63, 3.8) is 0 Å². The minimum Gasteiger partial charge on any atom is -0.474 e. The van der Waals surface area contributed by atoms with Gasteiger partial charge in [0.25, 0.3) is 0 Å². The second-order valence-corrected chi connectivity index (χ2v) is 5.06. The summed E-state index contributed by atoms with van der Waals surface area (Å²) in [6.07, 6.45) is 6.47. The number of amides is 1. The molecule has 1 aromatic rings. The molecule has 0 bridgehead atoms. The van der Waals surface area contributed by atoms with Crippen molar-refractivity contribution in [3.8, 4) is 0 Å². The van der Waals surface area contributed by atoms with Gasteiger partial charge in [-0.2, -0.15) is 0 Å². The molecule has 2 N–H and O–H groups in total. The van der Waals surface area contributed by atoms with Crippen molar-refractivity contribution in [2.45, 2.75) is 44.6 Å². The number of hydrogen-bond donors (Lipinski definition) is 2. The van der Waals surface area contributed by atoms with Crippen LogP contribution in [0.3, 0.4) is 0 Å². The molecule has 1 aromatic carbocycles. The lowest BCUT2D eigenvalue weighted by Crippen LogP contribution is -2.30. The Morgan fingerprint density at radius 3 is 2.32 bits per heavy atom. The van der Waals surface area contributed by atoms with Crippen LogP contribution in [0.25, 0.3) is 0 Å². The van der Waals surface area contributed by atoms with Crippen LogP contribution in [0.15, 0.2) is 24.3 Å². The summed E-state index contributed by atoms with van der Waals surface area (Å²) in [6.45, 7) is 0.260. The number of rotatable bonds is 3. The van der Waals surface area contributed by atoms with Crippen molar-refractivity contribution in [3.05, 3.63) is 35.4 Å². The highest BCUT2D eigenvalue weighted by molar-refractivity contribution is 6.31. The standard InChI is InChI=1S/C15H19NO3/c17-14(15(18)19)16-10-11-6-8-13(9-7-11)12-4-2-1-3-5-12/h6-9,12H,1-5,10H2,(H,16,17)(H,18,19). The molecule has 0 radical (unpaired) electrons. The smallest absolute Gasteiger partial charge is 0.394 e. The van der Waals surface area contributed by atoms with Gasteiger partial charge in [0.1, 0.15) is 0 Å². The Hall–Kier alpha value is -1.84. The summed E-state index contributed by atoms with van der Waals surface area (Å²) in [5, 5.41) is 10.8. The summed E-state index contributed by atoms with van der Waals surface area (Å²) in [7, 11) is 0. The van der Waals surface area contributed by atoms with Crippen molar-refractivity contribution in [2.24, 2.45) is 0 Å². The van der Waals surface area contributed by atoms with E-state index in [1.807, 2.05) is 12.1 Å². The summed E-state index contributed by atoms with van der Waals surface area (Å²) in [4.78, 5) is 21.3. The summed E-state index contributed by atoms with van der Waals surface area (Å²) in [5.74, 6) is -1.74. The Morgan fingerprint density at radius 2 is 1.74 bits per heavy atom. The number of benzene rings is 1. The van der Waals surface area contributed by atoms with Crippen molar-refractivity contribution in [2.75, 3.05) is 0 Å². The van der Waals surface area contributed by atoms with Gasteiger partial charge < -0.3 is 10.4 Å². The maximum absolute atomic E-state index is 10.9. The fourth-order valence-corrected chi connectivity index (χ4v) is 2.60. The first-order valence-corrected chi connectivity index (χ1v) is 6.77. The monoisotopic (exact) mass is 261 g/mol. The van der Waals surface area contributed by atoms with Crippen molar-refractivity contribution < 1.29 is 14.7 Å². The van der Waals surface area contributed by atoms with Crippen LogP contribution in [0, 0.1) is 0 Å². The molecule has 1 saturated carbocycles. The molecule has 0 saturated heterocycles. The Morgan fingerprint density at radius 1 is 1.11 bits per heavy atom. The van der Waals surface area contributed by atoms with E-state index in [4.69, 9.17) is 5.11 Å². The lowest BCUT2D eigenvalue weighted by Gasteiger charge is -2.22. The highest BCUT2D eigenvalue weighted by Gasteiger charge is 2.15. The molecule has 1 aliphatic carbocycles. The number of carboxylic acids is 1. The molecule has 0 unspecified atom stereocenters. The Labute approximate surface area is 112 Å². The molecule has 1 fully saturated rings. The summed E-state index contributed by atoms with van der Waals surface area (Å²) < 4.78 is 0. The van der Waals surface area contributed by atoms with Crippen LogP contribution >= 0.6 is 0 Å². The largest absolute Gasteiger partial charge is 0.474 e. The summed E-state index contributed by atoms with van der Waals surface area (Å²) in [6, 6.07) is 8.12. The number of hydrogen-bond acceptors (Lipinski definition) is 2. The summed E-state index contributed by atoms with van der Waals surface area (Å²) in [5.41, 5.74) is 2.28. The van der Waals surface area contributed by atoms with Crippen molar-refractivity contribution in [1.82, 2.24) is 5.32 Å². The molecule has 102 valence electrons. The van der Waals surface area contributed by atoms with Crippen LogP contribution in [0.1, 0.15) is 49.1 Å². The molecular formula is C15H19NO3. The van der Waals surface area contributed by atoms with Crippen LogP contribution in [-0.4, -0.2) is 17.0 Å². The van der Waals surface area contributed by atoms with Gasteiger partial charge in [0, 0.05) is 6.54 Å². The highest BCUT2D eigenvalue weighted by atomic mass is 16.4. The minimum absolute atomic E-state index is 0.260. The lowest BCUT2D eigenvalue weighted by molar-refractivity contribution is -0.150. The van der Waals surface area contributed by atoms with Gasteiger partial charge in [0.15, 0.2) is 0 Å². The van der Waals surface area contributed by atoms with E-state index in [-0.39, 0.29) is 6.54 Å². The number of nitrogens with one attached hydrogen (secondary N) is 1. The molecule has 0 aliphatic heterocycles. The zero-order chi connectivity index (χ0) is 13.7. The van der Waals surface area contributed by atoms with Crippen molar-refractivity contribution >= 4 is 11.9 Å². The zero-order valence-electron chi connectivity index (χ0n) is 10.9. The van der Waals surface area contributed by atoms with Crippen LogP contribution in [-0.2, 0) is 16.1 Å². The average molecular weight is 261 g/mol. The number of carbonyl (C=O) groups is 2. The first-order chi connectivity index (χ1) is 9.16. The second-order valence-electron chi connectivity index (χ2n) is 5.06. The van der Waals surface area contributed by atoms with E-state index in [1.54, 1.807) is 0 Å². The molecule has 0 spiro atoms. The highest BCUT2D eigenvalue weighted by Crippen LogP contribution is 2.32. The van der Waals surface area contributed by atoms with Gasteiger partial charge in [-0.1, -0.05) is 43.5 Å². The van der Waals surface area contributed by atoms with E-state index in [1.165, 1.54) is 37.7 Å². The zero-order valence-corrected chi connectivity index (χ0v) is 10.9. The van der Waals surface area contributed by atoms with E-state index in [0.717, 1.165) is 5.56 Å². The van der Waals surface area contributed by atoms with Gasteiger partial charge in [-0.05, 0) is 29.9 Å². The van der Waals surface area contributed by atoms with Crippen LogP contribution in [0.2, 0.25) is 0 Å². The first-order valence-electron chi connectivity index (χ1n) is 6.77. The third-order valence-electron chi connectivity index (χ3n) is 3.70. The number of carbonyl (C=O) groups excluding carboxylic acids is 1. The molecule has 0 aromatic heterocycles. The fourth-order valence-electron chi connectivity index (χ4n) is 2.60. The molecule has 4 nitrogen and oxygen atoms in total. The van der Waals surface area contributed by atoms with Crippen molar-refractivity contribution in [1.29, 1.82) is 0 Å². The Kier molecular flexibility index (Phi) is 4.55. The third kappa shape index (κ3) is 3.81. The van der Waals surface area contributed by atoms with Gasteiger partial charge >= 0.3 is 11.9 Å². The first kappa shape index (κ1) is 13.6. The van der Waals surface area contributed by atoms with Crippen LogP contribution in [0.4, 0.5) is 0 Å². The van der Waals surface area contributed by atoms with Gasteiger partial charge in [-0.25, -0.2) is 4.79 Å². The topological polar surface area (TPSA) is 66.4 Å². The molecule has 1 aliphatic rings. The maximum atomic E-state index is 10.9. The number of carboxylic acid groups (broad SMARTS) is 1. The van der Waals surface area contributed by atoms with E-state index in [2.05, 4.69) is 17.4 Å². The van der Waals surface area contributed by atoms with Crippen LogP contribution in [0.5, 0.6) is 0 Å². The van der Waals surface area contributed by atoms with E-state index in [9.17, 15) is 9.59 Å². The molecular weight excluding hydrogens is 242 g/mol. The second kappa shape index (κ2) is 6.36. The maximum Gasteiger partial charge on any atom is 0.394 e. The van der Waals surface area contributed by atoms with E-state index >= 15 is 0 Å². The molecule has 4 heteroatoms. The predicted octanol–water partition coefficient (Wildman–Crippen LogP) is 2.44. The van der Waals surface area contributed by atoms with E-state index < -0.39 is 11.9 Å². The minimum atomic E-state index is -1.45. The normalized spacial score (nSPS) is 16.0. The molecule has 2 rings (SSSR count). The van der Waals surface area contributed by atoms with Gasteiger partial charge in [-0.3, -0.25) is 4.79 Å². The van der Waals surface area contributed by atoms with Gasteiger partial charge in [-0.15, -0.1) is 0 Å². The molecule has 0 heterocycles. The van der Waals surface area contributed by atoms with Gasteiger partial charge in [0.2, 0.25) is 0 Å². The van der Waals surface area contributed by atoms with E-state index in [0.29, 0.717) is 5.92 Å². The Balaban J connectivity index is 1.90. The third-order valence-corrected chi connectivity index (χ3v) is 3.70.